The quantitative estimate of drug-likeness (QED) is 0.493. The minimum atomic E-state index is 0.407. The lowest BCUT2D eigenvalue weighted by molar-refractivity contribution is 0.148. The van der Waals surface area contributed by atoms with Crippen molar-refractivity contribution in [2.24, 2.45) is 5.92 Å². The van der Waals surface area contributed by atoms with Gasteiger partial charge in [-0.2, -0.15) is 5.26 Å². The molecule has 29 heavy (non-hydrogen) atoms. The molecule has 1 atom stereocenters. The second kappa shape index (κ2) is 9.58. The monoisotopic (exact) mass is 385 g/mol. The van der Waals surface area contributed by atoms with Crippen LogP contribution in [-0.2, 0) is 19.6 Å². The maximum atomic E-state index is 9.49. The first kappa shape index (κ1) is 20.9. The van der Waals surface area contributed by atoms with Crippen LogP contribution < -0.4 is 0 Å². The number of aromatic nitrogens is 1. The van der Waals surface area contributed by atoms with Gasteiger partial charge in [0.15, 0.2) is 0 Å². The molecular weight excluding hydrogens is 354 g/mol. The molecule has 0 aliphatic carbocycles. The molecule has 0 spiro atoms. The third-order valence-corrected chi connectivity index (χ3v) is 5.81. The number of rotatable bonds is 8. The zero-order valence-corrected chi connectivity index (χ0v) is 18.0. The van der Waals surface area contributed by atoms with Crippen LogP contribution in [0.4, 0.5) is 0 Å². The largest absolute Gasteiger partial charge is 0.346 e. The van der Waals surface area contributed by atoms with Gasteiger partial charge in [-0.05, 0) is 49.1 Å². The van der Waals surface area contributed by atoms with E-state index in [4.69, 9.17) is 0 Å². The first-order chi connectivity index (χ1) is 14.0. The molecule has 3 aromatic rings. The van der Waals surface area contributed by atoms with Gasteiger partial charge in [-0.15, -0.1) is 0 Å². The summed E-state index contributed by atoms with van der Waals surface area (Å²) in [5.74, 6) is 0.532. The Morgan fingerprint density at radius 1 is 0.931 bits per heavy atom. The van der Waals surface area contributed by atoms with Crippen molar-refractivity contribution in [1.29, 1.82) is 5.26 Å². The van der Waals surface area contributed by atoms with Crippen molar-refractivity contribution in [2.75, 3.05) is 0 Å². The van der Waals surface area contributed by atoms with E-state index in [1.165, 1.54) is 16.8 Å². The molecule has 0 aliphatic rings. The van der Waals surface area contributed by atoms with E-state index in [0.29, 0.717) is 12.0 Å². The van der Waals surface area contributed by atoms with E-state index in [9.17, 15) is 5.26 Å². The van der Waals surface area contributed by atoms with Gasteiger partial charge in [0.1, 0.15) is 0 Å². The van der Waals surface area contributed by atoms with Gasteiger partial charge < -0.3 is 4.57 Å². The molecule has 0 fully saturated rings. The van der Waals surface area contributed by atoms with Crippen LogP contribution in [0, 0.1) is 24.2 Å². The Morgan fingerprint density at radius 3 is 2.34 bits per heavy atom. The van der Waals surface area contributed by atoms with Crippen molar-refractivity contribution >= 4 is 0 Å². The normalized spacial score (nSPS) is 12.3. The van der Waals surface area contributed by atoms with Gasteiger partial charge in [0, 0.05) is 37.6 Å². The molecule has 0 N–H and O–H groups in total. The summed E-state index contributed by atoms with van der Waals surface area (Å²) in [5, 5.41) is 9.49. The SMILES string of the molecule is Cc1ccc(Cn2cccc2CN(Cc2ccccc2C#N)[C@@H](C)C(C)C)cc1. The average molecular weight is 386 g/mol. The molecule has 2 aromatic carbocycles. The van der Waals surface area contributed by atoms with E-state index in [2.05, 4.69) is 91.9 Å². The second-order valence-electron chi connectivity index (χ2n) is 8.27. The van der Waals surface area contributed by atoms with E-state index in [1.54, 1.807) is 0 Å². The van der Waals surface area contributed by atoms with Crippen LogP contribution in [0.1, 0.15) is 48.7 Å². The summed E-state index contributed by atoms with van der Waals surface area (Å²) in [4.78, 5) is 2.49. The number of nitriles is 1. The van der Waals surface area contributed by atoms with Gasteiger partial charge >= 0.3 is 0 Å². The van der Waals surface area contributed by atoms with Gasteiger partial charge in [0.25, 0.3) is 0 Å². The Kier molecular flexibility index (Phi) is 6.90. The van der Waals surface area contributed by atoms with Crippen LogP contribution in [0.25, 0.3) is 0 Å². The highest BCUT2D eigenvalue weighted by atomic mass is 15.2. The van der Waals surface area contributed by atoms with Crippen molar-refractivity contribution in [1.82, 2.24) is 9.47 Å². The molecule has 0 radical (unpaired) electrons. The minimum Gasteiger partial charge on any atom is -0.346 e. The molecule has 3 nitrogen and oxygen atoms in total. The first-order valence-electron chi connectivity index (χ1n) is 10.4. The summed E-state index contributed by atoms with van der Waals surface area (Å²) in [6.45, 7) is 11.4. The van der Waals surface area contributed by atoms with Crippen LogP contribution >= 0.6 is 0 Å². The Hall–Kier alpha value is -2.83. The highest BCUT2D eigenvalue weighted by molar-refractivity contribution is 5.37. The molecule has 0 unspecified atom stereocenters. The maximum absolute atomic E-state index is 9.49. The molecule has 0 bridgehead atoms. The topological polar surface area (TPSA) is 32.0 Å². The molecular formula is C26H31N3. The molecule has 0 amide bonds. The summed E-state index contributed by atoms with van der Waals surface area (Å²) in [7, 11) is 0. The Bertz CT molecular complexity index is 960. The number of hydrogen-bond donors (Lipinski definition) is 0. The summed E-state index contributed by atoms with van der Waals surface area (Å²) in [5.41, 5.74) is 5.76. The molecule has 3 heteroatoms. The van der Waals surface area contributed by atoms with Crippen LogP contribution in [0.2, 0.25) is 0 Å². The number of hydrogen-bond acceptors (Lipinski definition) is 2. The van der Waals surface area contributed by atoms with Crippen LogP contribution in [0.3, 0.4) is 0 Å². The molecule has 1 heterocycles. The Labute approximate surface area is 175 Å². The maximum Gasteiger partial charge on any atom is 0.0995 e. The molecule has 150 valence electrons. The fourth-order valence-electron chi connectivity index (χ4n) is 3.60. The highest BCUT2D eigenvalue weighted by Crippen LogP contribution is 2.21. The number of benzene rings is 2. The zero-order valence-electron chi connectivity index (χ0n) is 18.0. The van der Waals surface area contributed by atoms with Gasteiger partial charge in [0.05, 0.1) is 11.6 Å². The first-order valence-corrected chi connectivity index (χ1v) is 10.4. The minimum absolute atomic E-state index is 0.407. The molecule has 1 aromatic heterocycles. The van der Waals surface area contributed by atoms with Crippen LogP contribution in [0.15, 0.2) is 66.9 Å². The lowest BCUT2D eigenvalue weighted by atomic mass is 10.0. The number of aryl methyl sites for hydroxylation is 1. The molecule has 0 saturated carbocycles. The van der Waals surface area contributed by atoms with Crippen molar-refractivity contribution < 1.29 is 0 Å². The lowest BCUT2D eigenvalue weighted by Crippen LogP contribution is -2.36. The van der Waals surface area contributed by atoms with E-state index in [1.807, 2.05) is 18.2 Å². The second-order valence-corrected chi connectivity index (χ2v) is 8.27. The fraction of sp³-hybridized carbons (Fsp3) is 0.346. The summed E-state index contributed by atoms with van der Waals surface area (Å²) in [6.07, 6.45) is 2.16. The van der Waals surface area contributed by atoms with Gasteiger partial charge in [-0.3, -0.25) is 4.90 Å². The summed E-state index contributed by atoms with van der Waals surface area (Å²) < 4.78 is 2.33. The third-order valence-electron chi connectivity index (χ3n) is 5.81. The van der Waals surface area contributed by atoms with Crippen molar-refractivity contribution in [3.8, 4) is 6.07 Å². The van der Waals surface area contributed by atoms with E-state index < -0.39 is 0 Å². The Balaban J connectivity index is 1.82. The van der Waals surface area contributed by atoms with Crippen molar-refractivity contribution in [3.05, 3.63) is 94.8 Å². The Morgan fingerprint density at radius 2 is 1.66 bits per heavy atom. The smallest absolute Gasteiger partial charge is 0.0995 e. The van der Waals surface area contributed by atoms with E-state index >= 15 is 0 Å². The standard InChI is InChI=1S/C26H31N3/c1-20(2)22(4)29(18-25-9-6-5-8-24(25)16-27)19-26-10-7-15-28(26)17-23-13-11-21(3)12-14-23/h5-15,20,22H,17-19H2,1-4H3/t22-/m0/s1. The molecule has 0 saturated heterocycles. The van der Waals surface area contributed by atoms with Gasteiger partial charge in [-0.1, -0.05) is 61.9 Å². The third kappa shape index (κ3) is 5.37. The van der Waals surface area contributed by atoms with E-state index in [0.717, 1.165) is 30.8 Å². The predicted octanol–water partition coefficient (Wildman–Crippen LogP) is 5.76. The van der Waals surface area contributed by atoms with Crippen molar-refractivity contribution in [3.63, 3.8) is 0 Å². The highest BCUT2D eigenvalue weighted by Gasteiger charge is 2.20. The van der Waals surface area contributed by atoms with Gasteiger partial charge in [-0.25, -0.2) is 0 Å². The van der Waals surface area contributed by atoms with Crippen LogP contribution in [-0.4, -0.2) is 15.5 Å². The van der Waals surface area contributed by atoms with Crippen LogP contribution in [0.5, 0.6) is 0 Å². The number of nitrogens with zero attached hydrogens (tertiary/aromatic N) is 3. The lowest BCUT2D eigenvalue weighted by Gasteiger charge is -2.32. The zero-order chi connectivity index (χ0) is 20.8. The molecule has 3 rings (SSSR count). The predicted molar refractivity (Wildman–Crippen MR) is 119 cm³/mol. The van der Waals surface area contributed by atoms with E-state index in [-0.39, 0.29) is 0 Å². The summed E-state index contributed by atoms with van der Waals surface area (Å²) in [6, 6.07) is 23.8. The summed E-state index contributed by atoms with van der Waals surface area (Å²) >= 11 is 0. The average Bonchev–Trinajstić information content (AvgIpc) is 3.15. The van der Waals surface area contributed by atoms with Gasteiger partial charge in [0.2, 0.25) is 0 Å². The fourth-order valence-corrected chi connectivity index (χ4v) is 3.60. The van der Waals surface area contributed by atoms with Crippen molar-refractivity contribution in [2.45, 2.75) is 53.4 Å². The molecule has 0 aliphatic heterocycles.